The third-order valence-corrected chi connectivity index (χ3v) is 3.12. The number of nitrogens with one attached hydrogen (secondary N) is 2. The molecule has 0 aromatic heterocycles. The van der Waals surface area contributed by atoms with Crippen LogP contribution in [0.2, 0.25) is 0 Å². The summed E-state index contributed by atoms with van der Waals surface area (Å²) in [5.74, 6) is -1.03. The molecule has 15 heavy (non-hydrogen) atoms. The Morgan fingerprint density at radius 1 is 1.40 bits per heavy atom. The van der Waals surface area contributed by atoms with Crippen molar-refractivity contribution in [2.24, 2.45) is 5.41 Å². The number of hydrogen-bond acceptors (Lipinski definition) is 3. The van der Waals surface area contributed by atoms with E-state index in [2.05, 4.69) is 9.44 Å². The van der Waals surface area contributed by atoms with Crippen LogP contribution in [0.1, 0.15) is 27.2 Å². The molecule has 0 aromatic carbocycles. The summed E-state index contributed by atoms with van der Waals surface area (Å²) in [6.45, 7) is 5.33. The van der Waals surface area contributed by atoms with Crippen molar-refractivity contribution in [2.75, 3.05) is 7.05 Å². The number of carboxylic acids is 1. The molecule has 1 unspecified atom stereocenters. The molecular weight excluding hydrogens is 220 g/mol. The van der Waals surface area contributed by atoms with E-state index in [4.69, 9.17) is 5.11 Å². The lowest BCUT2D eigenvalue weighted by atomic mass is 9.85. The summed E-state index contributed by atoms with van der Waals surface area (Å²) in [7, 11) is -2.34. The van der Waals surface area contributed by atoms with Gasteiger partial charge in [-0.1, -0.05) is 20.8 Å². The Balaban J connectivity index is 4.75. The Bertz CT molecular complexity index is 318. The molecule has 7 heteroatoms. The van der Waals surface area contributed by atoms with Crippen molar-refractivity contribution in [3.63, 3.8) is 0 Å². The van der Waals surface area contributed by atoms with Crippen molar-refractivity contribution in [1.29, 1.82) is 0 Å². The second-order valence-electron chi connectivity index (χ2n) is 4.34. The van der Waals surface area contributed by atoms with Gasteiger partial charge in [-0.05, 0) is 5.41 Å². The van der Waals surface area contributed by atoms with E-state index in [0.29, 0.717) is 0 Å². The van der Waals surface area contributed by atoms with Crippen molar-refractivity contribution in [2.45, 2.75) is 33.2 Å². The predicted octanol–water partition coefficient (Wildman–Crippen LogP) is -0.0704. The molecule has 0 saturated heterocycles. The molecular formula is C8H18N2O4S. The van der Waals surface area contributed by atoms with Crippen LogP contribution in [0.3, 0.4) is 0 Å². The molecule has 0 aliphatic heterocycles. The first-order valence-corrected chi connectivity index (χ1v) is 5.99. The number of carbonyl (C=O) groups is 1. The van der Waals surface area contributed by atoms with Crippen LogP contribution < -0.4 is 9.44 Å². The Morgan fingerprint density at radius 3 is 2.13 bits per heavy atom. The zero-order chi connectivity index (χ0) is 12.3. The minimum Gasteiger partial charge on any atom is -0.481 e. The maximum atomic E-state index is 11.2. The maximum Gasteiger partial charge on any atom is 0.304 e. The molecule has 0 heterocycles. The minimum absolute atomic E-state index is 0.246. The Labute approximate surface area is 90.2 Å². The van der Waals surface area contributed by atoms with Gasteiger partial charge in [0.05, 0.1) is 6.42 Å². The number of aliphatic carboxylic acids is 1. The van der Waals surface area contributed by atoms with Crippen LogP contribution in [-0.4, -0.2) is 32.6 Å². The van der Waals surface area contributed by atoms with Gasteiger partial charge < -0.3 is 5.11 Å². The SMILES string of the molecule is CNS(=O)(=O)NC(CC(=O)O)C(C)(C)C. The molecule has 0 radical (unpaired) electrons. The van der Waals surface area contributed by atoms with Crippen LogP contribution in [0.25, 0.3) is 0 Å². The quantitative estimate of drug-likeness (QED) is 0.624. The van der Waals surface area contributed by atoms with Gasteiger partial charge in [-0.2, -0.15) is 13.1 Å². The predicted molar refractivity (Wildman–Crippen MR) is 56.6 cm³/mol. The smallest absolute Gasteiger partial charge is 0.304 e. The van der Waals surface area contributed by atoms with Gasteiger partial charge >= 0.3 is 5.97 Å². The molecule has 0 aliphatic carbocycles. The summed E-state index contributed by atoms with van der Waals surface area (Å²) < 4.78 is 26.8. The highest BCUT2D eigenvalue weighted by atomic mass is 32.2. The summed E-state index contributed by atoms with van der Waals surface area (Å²) in [6, 6.07) is -0.646. The molecule has 0 spiro atoms. The summed E-state index contributed by atoms with van der Waals surface area (Å²) in [4.78, 5) is 10.6. The molecule has 0 fully saturated rings. The van der Waals surface area contributed by atoms with E-state index in [1.54, 1.807) is 20.8 Å². The molecule has 90 valence electrons. The zero-order valence-corrected chi connectivity index (χ0v) is 10.2. The molecule has 0 saturated carbocycles. The molecule has 0 aromatic rings. The first kappa shape index (κ1) is 14.3. The topological polar surface area (TPSA) is 95.5 Å². The van der Waals surface area contributed by atoms with E-state index in [1.165, 1.54) is 7.05 Å². The van der Waals surface area contributed by atoms with E-state index < -0.39 is 27.6 Å². The van der Waals surface area contributed by atoms with E-state index in [1.807, 2.05) is 0 Å². The average molecular weight is 238 g/mol. The van der Waals surface area contributed by atoms with Crippen molar-refractivity contribution >= 4 is 16.2 Å². The number of carboxylic acid groups (broad SMARTS) is 1. The lowest BCUT2D eigenvalue weighted by Crippen LogP contribution is -2.48. The van der Waals surface area contributed by atoms with Gasteiger partial charge in [0.1, 0.15) is 0 Å². The Morgan fingerprint density at radius 2 is 1.87 bits per heavy atom. The van der Waals surface area contributed by atoms with Gasteiger partial charge in [0, 0.05) is 13.1 Å². The summed E-state index contributed by atoms with van der Waals surface area (Å²) in [5, 5.41) is 8.66. The van der Waals surface area contributed by atoms with E-state index in [-0.39, 0.29) is 6.42 Å². The van der Waals surface area contributed by atoms with Crippen molar-refractivity contribution in [3.05, 3.63) is 0 Å². The van der Waals surface area contributed by atoms with Gasteiger partial charge in [-0.3, -0.25) is 4.79 Å². The average Bonchev–Trinajstić information content (AvgIpc) is 2.00. The molecule has 0 rings (SSSR count). The van der Waals surface area contributed by atoms with Crippen LogP contribution in [0.15, 0.2) is 0 Å². The Kier molecular flexibility index (Phi) is 4.69. The normalized spacial score (nSPS) is 14.9. The molecule has 6 nitrogen and oxygen atoms in total. The fourth-order valence-corrected chi connectivity index (χ4v) is 1.87. The van der Waals surface area contributed by atoms with Crippen molar-refractivity contribution < 1.29 is 18.3 Å². The molecule has 3 N–H and O–H groups in total. The molecule has 0 bridgehead atoms. The highest BCUT2D eigenvalue weighted by Crippen LogP contribution is 2.22. The van der Waals surface area contributed by atoms with E-state index in [0.717, 1.165) is 0 Å². The number of rotatable bonds is 5. The maximum absolute atomic E-state index is 11.2. The first-order chi connectivity index (χ1) is 6.58. The largest absolute Gasteiger partial charge is 0.481 e. The number of hydrogen-bond donors (Lipinski definition) is 3. The van der Waals surface area contributed by atoms with Gasteiger partial charge in [-0.25, -0.2) is 4.72 Å². The second-order valence-corrected chi connectivity index (χ2v) is 5.99. The lowest BCUT2D eigenvalue weighted by molar-refractivity contribution is -0.138. The first-order valence-electron chi connectivity index (χ1n) is 4.51. The molecule has 1 atom stereocenters. The molecule has 0 amide bonds. The van der Waals surface area contributed by atoms with Crippen LogP contribution in [0.5, 0.6) is 0 Å². The van der Waals surface area contributed by atoms with Crippen molar-refractivity contribution in [3.8, 4) is 0 Å². The van der Waals surface area contributed by atoms with Gasteiger partial charge in [0.15, 0.2) is 0 Å². The Hall–Kier alpha value is -0.660. The highest BCUT2D eigenvalue weighted by molar-refractivity contribution is 7.87. The fraction of sp³-hybridized carbons (Fsp3) is 0.875. The van der Waals surface area contributed by atoms with Crippen LogP contribution in [0.4, 0.5) is 0 Å². The van der Waals surface area contributed by atoms with Crippen LogP contribution >= 0.6 is 0 Å². The molecule has 0 aliphatic rings. The third-order valence-electron chi connectivity index (χ3n) is 1.99. The van der Waals surface area contributed by atoms with E-state index in [9.17, 15) is 13.2 Å². The van der Waals surface area contributed by atoms with Gasteiger partial charge in [0.25, 0.3) is 10.2 Å². The summed E-state index contributed by atoms with van der Waals surface area (Å²) >= 11 is 0. The van der Waals surface area contributed by atoms with Gasteiger partial charge in [-0.15, -0.1) is 0 Å². The second kappa shape index (κ2) is 4.91. The van der Waals surface area contributed by atoms with Crippen LogP contribution in [0, 0.1) is 5.41 Å². The fourth-order valence-electron chi connectivity index (χ4n) is 0.945. The standard InChI is InChI=1S/C8H18N2O4S/c1-8(2,3)6(5-7(11)12)10-15(13,14)9-4/h6,9-10H,5H2,1-4H3,(H,11,12). The zero-order valence-electron chi connectivity index (χ0n) is 9.36. The minimum atomic E-state index is -3.61. The third kappa shape index (κ3) is 5.71. The van der Waals surface area contributed by atoms with E-state index >= 15 is 0 Å². The summed E-state index contributed by atoms with van der Waals surface area (Å²) in [6.07, 6.45) is -0.246. The lowest BCUT2D eigenvalue weighted by Gasteiger charge is -2.29. The van der Waals surface area contributed by atoms with Gasteiger partial charge in [0.2, 0.25) is 0 Å². The monoisotopic (exact) mass is 238 g/mol. The highest BCUT2D eigenvalue weighted by Gasteiger charge is 2.30. The van der Waals surface area contributed by atoms with Crippen LogP contribution in [-0.2, 0) is 15.0 Å². The summed E-state index contributed by atoms with van der Waals surface area (Å²) in [5.41, 5.74) is -0.456. The van der Waals surface area contributed by atoms with Crippen molar-refractivity contribution in [1.82, 2.24) is 9.44 Å².